The summed E-state index contributed by atoms with van der Waals surface area (Å²) in [5, 5.41) is 1.15. The normalized spacial score (nSPS) is 23.0. The molecule has 1 aromatic carbocycles. The molecular weight excluding hydrogens is 380 g/mol. The molecule has 2 saturated carbocycles. The zero-order valence-corrected chi connectivity index (χ0v) is 19.2. The van der Waals surface area contributed by atoms with E-state index in [1.165, 1.54) is 64.2 Å². The van der Waals surface area contributed by atoms with E-state index in [-0.39, 0.29) is 0 Å². The van der Waals surface area contributed by atoms with Crippen LogP contribution in [0.25, 0.3) is 0 Å². The quantitative estimate of drug-likeness (QED) is 0.570. The standard InChI is InChI=1S/C24H37O4Si/c1-3-26-29(27-4-2)22-15-16-23-19(17-22)18-25-24(28-23,20-11-7-5-8-12-20)21-13-9-6-10-14-21/h15-17,20-21H,3-14,18H2,1-2H3. The largest absolute Gasteiger partial charge is 0.461 e. The highest BCUT2D eigenvalue weighted by Gasteiger charge is 2.51. The molecule has 0 bridgehead atoms. The highest BCUT2D eigenvalue weighted by atomic mass is 28.3. The van der Waals surface area contributed by atoms with Crippen LogP contribution in [0.1, 0.15) is 83.6 Å². The third-order valence-electron chi connectivity index (χ3n) is 6.92. The van der Waals surface area contributed by atoms with Crippen molar-refractivity contribution in [1.29, 1.82) is 0 Å². The van der Waals surface area contributed by atoms with E-state index in [0.29, 0.717) is 31.7 Å². The summed E-state index contributed by atoms with van der Waals surface area (Å²) in [5.41, 5.74) is 1.15. The van der Waals surface area contributed by atoms with Crippen molar-refractivity contribution in [3.05, 3.63) is 23.8 Å². The molecule has 0 atom stereocenters. The molecule has 0 N–H and O–H groups in total. The molecule has 4 nitrogen and oxygen atoms in total. The Bertz CT molecular complexity index is 628. The highest BCUT2D eigenvalue weighted by molar-refractivity contribution is 6.61. The average molecular weight is 418 g/mol. The molecule has 5 heteroatoms. The van der Waals surface area contributed by atoms with Crippen LogP contribution >= 0.6 is 0 Å². The summed E-state index contributed by atoms with van der Waals surface area (Å²) in [6.45, 7) is 6.04. The SMILES string of the molecule is CCO[Si](OCC)c1ccc2c(c1)COC(C1CCCCC1)(C1CCCCC1)O2. The second-order valence-corrected chi connectivity index (χ2v) is 10.5. The summed E-state index contributed by atoms with van der Waals surface area (Å²) in [6.07, 6.45) is 12.9. The third-order valence-corrected chi connectivity index (χ3v) is 8.80. The summed E-state index contributed by atoms with van der Waals surface area (Å²) in [4.78, 5) is 0. The maximum absolute atomic E-state index is 6.86. The smallest absolute Gasteiger partial charge is 0.423 e. The topological polar surface area (TPSA) is 36.9 Å². The lowest BCUT2D eigenvalue weighted by Crippen LogP contribution is -2.55. The van der Waals surface area contributed by atoms with Gasteiger partial charge in [0.15, 0.2) is 0 Å². The molecule has 1 heterocycles. The van der Waals surface area contributed by atoms with Crippen LogP contribution in [0.5, 0.6) is 5.75 Å². The first-order chi connectivity index (χ1) is 14.3. The summed E-state index contributed by atoms with van der Waals surface area (Å²) < 4.78 is 25.4. The fraction of sp³-hybridized carbons (Fsp3) is 0.750. The van der Waals surface area contributed by atoms with Crippen molar-refractivity contribution in [2.45, 2.75) is 90.4 Å². The molecule has 161 valence electrons. The van der Waals surface area contributed by atoms with Crippen LogP contribution in [-0.4, -0.2) is 28.3 Å². The Morgan fingerprint density at radius 3 is 2.03 bits per heavy atom. The molecule has 0 spiro atoms. The lowest BCUT2D eigenvalue weighted by atomic mass is 9.72. The fourth-order valence-electron chi connectivity index (χ4n) is 5.53. The first-order valence-electron chi connectivity index (χ1n) is 11.9. The van der Waals surface area contributed by atoms with Gasteiger partial charge in [-0.05, 0) is 56.9 Å². The minimum atomic E-state index is -1.44. The Labute approximate surface area is 178 Å². The van der Waals surface area contributed by atoms with E-state index < -0.39 is 15.1 Å². The number of benzene rings is 1. The second-order valence-electron chi connectivity index (χ2n) is 8.76. The van der Waals surface area contributed by atoms with Gasteiger partial charge in [-0.25, -0.2) is 0 Å². The van der Waals surface area contributed by atoms with Crippen LogP contribution in [0.3, 0.4) is 0 Å². The van der Waals surface area contributed by atoms with Gasteiger partial charge in [-0.15, -0.1) is 0 Å². The number of hydrogen-bond acceptors (Lipinski definition) is 4. The van der Waals surface area contributed by atoms with Gasteiger partial charge in [-0.2, -0.15) is 0 Å². The van der Waals surface area contributed by atoms with Gasteiger partial charge in [0.1, 0.15) is 5.75 Å². The van der Waals surface area contributed by atoms with Crippen molar-refractivity contribution in [3.63, 3.8) is 0 Å². The highest BCUT2D eigenvalue weighted by Crippen LogP contribution is 2.49. The Balaban J connectivity index is 1.59. The predicted octanol–water partition coefficient (Wildman–Crippen LogP) is 5.22. The number of ether oxygens (including phenoxy) is 2. The average Bonchev–Trinajstić information content (AvgIpc) is 2.79. The molecule has 2 aliphatic carbocycles. The van der Waals surface area contributed by atoms with Crippen molar-refractivity contribution in [1.82, 2.24) is 0 Å². The molecule has 1 radical (unpaired) electrons. The summed E-state index contributed by atoms with van der Waals surface area (Å²) in [6, 6.07) is 6.49. The third kappa shape index (κ3) is 4.58. The van der Waals surface area contributed by atoms with Gasteiger partial charge in [0.05, 0.1) is 6.61 Å². The first-order valence-corrected chi connectivity index (χ1v) is 13.2. The van der Waals surface area contributed by atoms with Crippen LogP contribution in [-0.2, 0) is 20.2 Å². The minimum Gasteiger partial charge on any atom is -0.461 e. The molecule has 0 aromatic heterocycles. The van der Waals surface area contributed by atoms with Crippen molar-refractivity contribution in [2.75, 3.05) is 13.2 Å². The van der Waals surface area contributed by atoms with E-state index >= 15 is 0 Å². The molecule has 2 fully saturated rings. The van der Waals surface area contributed by atoms with Crippen LogP contribution in [0.4, 0.5) is 0 Å². The van der Waals surface area contributed by atoms with E-state index in [9.17, 15) is 0 Å². The van der Waals surface area contributed by atoms with Crippen LogP contribution in [0, 0.1) is 11.8 Å². The Morgan fingerprint density at radius 2 is 1.48 bits per heavy atom. The minimum absolute atomic E-state index is 0.414. The van der Waals surface area contributed by atoms with Gasteiger partial charge >= 0.3 is 9.28 Å². The van der Waals surface area contributed by atoms with E-state index in [2.05, 4.69) is 18.2 Å². The molecule has 29 heavy (non-hydrogen) atoms. The Morgan fingerprint density at radius 1 is 0.897 bits per heavy atom. The maximum Gasteiger partial charge on any atom is 0.423 e. The second kappa shape index (κ2) is 9.95. The zero-order valence-electron chi connectivity index (χ0n) is 18.2. The lowest BCUT2D eigenvalue weighted by Gasteiger charge is -2.50. The molecule has 1 aromatic rings. The summed E-state index contributed by atoms with van der Waals surface area (Å²) >= 11 is 0. The van der Waals surface area contributed by atoms with Crippen LogP contribution < -0.4 is 9.92 Å². The monoisotopic (exact) mass is 417 g/mol. The van der Waals surface area contributed by atoms with Gasteiger partial charge in [-0.1, -0.05) is 44.6 Å². The Kier molecular flexibility index (Phi) is 7.33. The number of hydrogen-bond donors (Lipinski definition) is 0. The van der Waals surface area contributed by atoms with E-state index in [1.807, 2.05) is 13.8 Å². The van der Waals surface area contributed by atoms with Gasteiger partial charge in [-0.3, -0.25) is 0 Å². The van der Waals surface area contributed by atoms with Crippen molar-refractivity contribution < 1.29 is 18.3 Å². The molecule has 4 rings (SSSR count). The first kappa shape index (κ1) is 21.4. The molecule has 0 amide bonds. The number of fused-ring (bicyclic) bond motifs is 1. The molecule has 1 aliphatic heterocycles. The van der Waals surface area contributed by atoms with Crippen LogP contribution in [0.15, 0.2) is 18.2 Å². The summed E-state index contributed by atoms with van der Waals surface area (Å²) in [7, 11) is -1.44. The van der Waals surface area contributed by atoms with E-state index in [0.717, 1.165) is 16.5 Å². The van der Waals surface area contributed by atoms with Crippen molar-refractivity contribution in [2.24, 2.45) is 11.8 Å². The van der Waals surface area contributed by atoms with Gasteiger partial charge in [0, 0.05) is 30.6 Å². The predicted molar refractivity (Wildman–Crippen MR) is 116 cm³/mol. The summed E-state index contributed by atoms with van der Waals surface area (Å²) in [5.74, 6) is 1.66. The molecule has 3 aliphatic rings. The van der Waals surface area contributed by atoms with E-state index in [1.54, 1.807) is 0 Å². The molecular formula is C24H37O4Si. The lowest BCUT2D eigenvalue weighted by molar-refractivity contribution is -0.278. The van der Waals surface area contributed by atoms with Crippen LogP contribution in [0.2, 0.25) is 0 Å². The van der Waals surface area contributed by atoms with Crippen molar-refractivity contribution in [3.8, 4) is 5.75 Å². The van der Waals surface area contributed by atoms with Gasteiger partial charge < -0.3 is 18.3 Å². The molecule has 0 unspecified atom stereocenters. The van der Waals surface area contributed by atoms with E-state index in [4.69, 9.17) is 18.3 Å². The maximum atomic E-state index is 6.86. The van der Waals surface area contributed by atoms with Gasteiger partial charge in [0.2, 0.25) is 5.79 Å². The number of rotatable bonds is 7. The van der Waals surface area contributed by atoms with Gasteiger partial charge in [0.25, 0.3) is 0 Å². The zero-order chi connectivity index (χ0) is 20.1. The fourth-order valence-corrected chi connectivity index (χ4v) is 6.98. The van der Waals surface area contributed by atoms with Crippen molar-refractivity contribution >= 4 is 14.5 Å². The Hall–Kier alpha value is -0.883. The molecule has 0 saturated heterocycles.